The van der Waals surface area contributed by atoms with Gasteiger partial charge in [0.2, 0.25) is 0 Å². The van der Waals surface area contributed by atoms with E-state index in [1.54, 1.807) is 0 Å². The van der Waals surface area contributed by atoms with E-state index >= 15 is 0 Å². The summed E-state index contributed by atoms with van der Waals surface area (Å²) in [6.45, 7) is 4.66. The molecule has 0 unspecified atom stereocenters. The molecule has 0 amide bonds. The molecule has 1 rings (SSSR count). The third kappa shape index (κ3) is 10.5. The molecule has 0 aromatic carbocycles. The van der Waals surface area contributed by atoms with Crippen molar-refractivity contribution in [3.05, 3.63) is 29.0 Å². The van der Waals surface area contributed by atoms with Crippen molar-refractivity contribution in [1.29, 1.82) is 0 Å². The molecule has 0 aliphatic heterocycles. The Balaban J connectivity index is 0.00000441. The maximum absolute atomic E-state index is 5.77. The van der Waals surface area contributed by atoms with E-state index in [-0.39, 0.29) is 24.0 Å². The predicted octanol–water partition coefficient (Wildman–Crippen LogP) is 3.59. The Morgan fingerprint density at radius 2 is 2.14 bits per heavy atom. The number of nitrogens with zero attached hydrogens (tertiary/aromatic N) is 2. The third-order valence-electron chi connectivity index (χ3n) is 2.87. The van der Waals surface area contributed by atoms with Crippen LogP contribution in [0.5, 0.6) is 0 Å². The number of nitrogens with one attached hydrogen (secondary N) is 2. The van der Waals surface area contributed by atoms with Crippen LogP contribution in [0.4, 0.5) is 0 Å². The zero-order chi connectivity index (χ0) is 15.3. The molecule has 0 saturated carbocycles. The van der Waals surface area contributed by atoms with Crippen LogP contribution in [-0.4, -0.2) is 42.6 Å². The molecule has 7 heteroatoms. The lowest BCUT2D eigenvalue weighted by molar-refractivity contribution is 0.770. The van der Waals surface area contributed by atoms with E-state index in [9.17, 15) is 0 Å². The predicted molar refractivity (Wildman–Crippen MR) is 110 cm³/mol. The minimum Gasteiger partial charge on any atom is -0.357 e. The summed E-state index contributed by atoms with van der Waals surface area (Å²) in [4.78, 5) is 8.66. The van der Waals surface area contributed by atoms with Crippen LogP contribution in [0.1, 0.15) is 25.3 Å². The number of hydrogen-bond donors (Lipinski definition) is 2. The Hall–Kier alpha value is -0.210. The lowest BCUT2D eigenvalue weighted by Crippen LogP contribution is -2.38. The van der Waals surface area contributed by atoms with E-state index < -0.39 is 0 Å². The number of aliphatic imine (C=N–C) groups is 1. The van der Waals surface area contributed by atoms with Gasteiger partial charge in [0.05, 0.1) is 0 Å². The highest BCUT2D eigenvalue weighted by Gasteiger charge is 1.98. The molecule has 1 aromatic heterocycles. The van der Waals surface area contributed by atoms with Crippen molar-refractivity contribution >= 4 is 53.3 Å². The van der Waals surface area contributed by atoms with Gasteiger partial charge in [-0.3, -0.25) is 4.99 Å². The van der Waals surface area contributed by atoms with Crippen LogP contribution in [0.2, 0.25) is 5.15 Å². The number of guanidine groups is 1. The zero-order valence-corrected chi connectivity index (χ0v) is 17.2. The maximum Gasteiger partial charge on any atom is 0.191 e. The third-order valence-corrected chi connectivity index (χ3v) is 3.79. The van der Waals surface area contributed by atoms with E-state index in [2.05, 4.69) is 33.8 Å². The highest BCUT2D eigenvalue weighted by molar-refractivity contribution is 14.0. The smallest absolute Gasteiger partial charge is 0.191 e. The van der Waals surface area contributed by atoms with E-state index in [4.69, 9.17) is 11.6 Å². The molecule has 0 fully saturated rings. The van der Waals surface area contributed by atoms with Crippen LogP contribution in [0.3, 0.4) is 0 Å². The number of halogens is 2. The van der Waals surface area contributed by atoms with Crippen LogP contribution in [-0.2, 0) is 6.42 Å². The fourth-order valence-corrected chi connectivity index (χ4v) is 2.37. The molecule has 22 heavy (non-hydrogen) atoms. The second-order valence-corrected chi connectivity index (χ2v) is 6.00. The number of pyridine rings is 1. The summed E-state index contributed by atoms with van der Waals surface area (Å²) < 4.78 is 0. The Morgan fingerprint density at radius 3 is 2.77 bits per heavy atom. The van der Waals surface area contributed by atoms with Gasteiger partial charge in [-0.15, -0.1) is 24.0 Å². The normalized spacial score (nSPS) is 11.0. The van der Waals surface area contributed by atoms with E-state index in [1.165, 1.54) is 17.7 Å². The first kappa shape index (κ1) is 21.8. The maximum atomic E-state index is 5.77. The average molecular weight is 457 g/mol. The van der Waals surface area contributed by atoms with Crippen molar-refractivity contribution in [3.8, 4) is 0 Å². The Morgan fingerprint density at radius 1 is 1.32 bits per heavy atom. The molecule has 1 heterocycles. The van der Waals surface area contributed by atoms with Gasteiger partial charge < -0.3 is 10.6 Å². The summed E-state index contributed by atoms with van der Waals surface area (Å²) in [5, 5.41) is 7.15. The number of hydrogen-bond acceptors (Lipinski definition) is 3. The summed E-state index contributed by atoms with van der Waals surface area (Å²) >= 11 is 7.66. The van der Waals surface area contributed by atoms with Crippen molar-refractivity contribution in [1.82, 2.24) is 15.6 Å². The highest BCUT2D eigenvalue weighted by atomic mass is 127. The largest absolute Gasteiger partial charge is 0.357 e. The van der Waals surface area contributed by atoms with Crippen LogP contribution in [0.25, 0.3) is 0 Å². The van der Waals surface area contributed by atoms with Crippen molar-refractivity contribution in [2.24, 2.45) is 4.99 Å². The first-order valence-corrected chi connectivity index (χ1v) is 9.15. The van der Waals surface area contributed by atoms with Crippen molar-refractivity contribution in [2.45, 2.75) is 26.2 Å². The van der Waals surface area contributed by atoms with Gasteiger partial charge in [-0.25, -0.2) is 4.98 Å². The van der Waals surface area contributed by atoms with Gasteiger partial charge in [0.15, 0.2) is 5.96 Å². The molecule has 0 aliphatic carbocycles. The molecule has 0 radical (unpaired) electrons. The summed E-state index contributed by atoms with van der Waals surface area (Å²) in [6.07, 6.45) is 7.22. The molecule has 1 aromatic rings. The topological polar surface area (TPSA) is 49.3 Å². The number of thioether (sulfide) groups is 1. The fourth-order valence-electron chi connectivity index (χ4n) is 1.77. The van der Waals surface area contributed by atoms with Crippen molar-refractivity contribution < 1.29 is 0 Å². The van der Waals surface area contributed by atoms with Gasteiger partial charge in [-0.05, 0) is 49.8 Å². The fraction of sp³-hybridized carbons (Fsp3) is 0.600. The number of rotatable bonds is 9. The Bertz CT molecular complexity index is 415. The second-order valence-electron chi connectivity index (χ2n) is 4.63. The second kappa shape index (κ2) is 14.4. The van der Waals surface area contributed by atoms with Crippen LogP contribution >= 0.6 is 47.3 Å². The molecule has 2 N–H and O–H groups in total. The standard InChI is InChI=1S/C15H25ClN4S.HI/c1-3-17-15(18-9-4-5-11-21-2)19-10-8-13-6-7-14(16)20-12-13;/h6-7,12H,3-5,8-11H2,1-2H3,(H2,17,18,19);1H. The van der Waals surface area contributed by atoms with Crippen LogP contribution in [0.15, 0.2) is 23.3 Å². The van der Waals surface area contributed by atoms with Gasteiger partial charge in [0.1, 0.15) is 5.15 Å². The molecule has 0 bridgehead atoms. The molecule has 126 valence electrons. The van der Waals surface area contributed by atoms with Gasteiger partial charge in [0.25, 0.3) is 0 Å². The SMILES string of the molecule is CCNC(=NCCCCSC)NCCc1ccc(Cl)nc1.I. The van der Waals surface area contributed by atoms with Crippen LogP contribution < -0.4 is 10.6 Å². The number of aromatic nitrogens is 1. The van der Waals surface area contributed by atoms with Gasteiger partial charge >= 0.3 is 0 Å². The van der Waals surface area contributed by atoms with Crippen LogP contribution in [0, 0.1) is 0 Å². The lowest BCUT2D eigenvalue weighted by Gasteiger charge is -2.11. The molecule has 0 spiro atoms. The monoisotopic (exact) mass is 456 g/mol. The molecule has 0 saturated heterocycles. The van der Waals surface area contributed by atoms with Crippen molar-refractivity contribution in [3.63, 3.8) is 0 Å². The summed E-state index contributed by atoms with van der Waals surface area (Å²) in [6, 6.07) is 3.82. The van der Waals surface area contributed by atoms with E-state index in [0.717, 1.165) is 38.4 Å². The minimum atomic E-state index is 0. The zero-order valence-electron chi connectivity index (χ0n) is 13.3. The quantitative estimate of drug-likeness (QED) is 0.196. The average Bonchev–Trinajstić information content (AvgIpc) is 2.49. The molecular weight excluding hydrogens is 431 g/mol. The van der Waals surface area contributed by atoms with E-state index in [1.807, 2.05) is 30.1 Å². The first-order chi connectivity index (χ1) is 10.3. The van der Waals surface area contributed by atoms with Gasteiger partial charge in [-0.1, -0.05) is 17.7 Å². The van der Waals surface area contributed by atoms with Crippen molar-refractivity contribution in [2.75, 3.05) is 31.6 Å². The first-order valence-electron chi connectivity index (χ1n) is 7.37. The molecule has 4 nitrogen and oxygen atoms in total. The lowest BCUT2D eigenvalue weighted by atomic mass is 10.2. The minimum absolute atomic E-state index is 0. The summed E-state index contributed by atoms with van der Waals surface area (Å²) in [5.41, 5.74) is 1.17. The molecular formula is C15H26ClIN4S. The van der Waals surface area contributed by atoms with Gasteiger partial charge in [-0.2, -0.15) is 11.8 Å². The highest BCUT2D eigenvalue weighted by Crippen LogP contribution is 2.05. The summed E-state index contributed by atoms with van der Waals surface area (Å²) in [5.74, 6) is 2.10. The molecule has 0 aliphatic rings. The van der Waals surface area contributed by atoms with E-state index in [0.29, 0.717) is 5.15 Å². The molecule has 0 atom stereocenters. The Labute approximate surface area is 160 Å². The Kier molecular flexibility index (Phi) is 14.2. The summed E-state index contributed by atoms with van der Waals surface area (Å²) in [7, 11) is 0. The van der Waals surface area contributed by atoms with Gasteiger partial charge in [0, 0.05) is 25.8 Å². The number of unbranched alkanes of at least 4 members (excludes halogenated alkanes) is 1.